The Morgan fingerprint density at radius 2 is 2.11 bits per heavy atom. The first-order valence-corrected chi connectivity index (χ1v) is 6.03. The predicted molar refractivity (Wildman–Crippen MR) is 68.4 cm³/mol. The zero-order valence-corrected chi connectivity index (χ0v) is 11.0. The van der Waals surface area contributed by atoms with E-state index in [4.69, 9.17) is 21.4 Å². The van der Waals surface area contributed by atoms with Crippen LogP contribution in [-0.4, -0.2) is 23.0 Å². The van der Waals surface area contributed by atoms with Gasteiger partial charge in [0.25, 0.3) is 0 Å². The number of ketones is 1. The molecule has 0 spiro atoms. The standard InChI is InChI=1S/C13H15ClO4/c1-3-4-12(13(16)17)18-11-6-5-9(14)7-10(11)8(2)15/h5-7,12H,3-4H2,1-2H3,(H,16,17). The number of hydrogen-bond acceptors (Lipinski definition) is 3. The van der Waals surface area contributed by atoms with Gasteiger partial charge >= 0.3 is 5.97 Å². The second kappa shape index (κ2) is 6.40. The summed E-state index contributed by atoms with van der Waals surface area (Å²) < 4.78 is 5.38. The van der Waals surface area contributed by atoms with Crippen molar-refractivity contribution in [3.63, 3.8) is 0 Å². The third-order valence-electron chi connectivity index (χ3n) is 2.42. The van der Waals surface area contributed by atoms with Gasteiger partial charge in [-0.15, -0.1) is 0 Å². The highest BCUT2D eigenvalue weighted by Crippen LogP contribution is 2.25. The van der Waals surface area contributed by atoms with Gasteiger partial charge in [-0.25, -0.2) is 4.79 Å². The van der Waals surface area contributed by atoms with Crippen LogP contribution in [-0.2, 0) is 4.79 Å². The Hall–Kier alpha value is -1.55. The molecule has 0 aliphatic heterocycles. The third kappa shape index (κ3) is 3.74. The molecule has 1 aromatic carbocycles. The summed E-state index contributed by atoms with van der Waals surface area (Å²) in [6, 6.07) is 4.56. The summed E-state index contributed by atoms with van der Waals surface area (Å²) in [7, 11) is 0. The van der Waals surface area contributed by atoms with Crippen LogP contribution in [0.25, 0.3) is 0 Å². The highest BCUT2D eigenvalue weighted by molar-refractivity contribution is 6.31. The first-order valence-electron chi connectivity index (χ1n) is 5.65. The van der Waals surface area contributed by atoms with E-state index in [1.54, 1.807) is 6.07 Å². The average molecular weight is 271 g/mol. The highest BCUT2D eigenvalue weighted by atomic mass is 35.5. The van der Waals surface area contributed by atoms with E-state index in [0.717, 1.165) is 0 Å². The van der Waals surface area contributed by atoms with Crippen LogP contribution in [0.5, 0.6) is 5.75 Å². The fraction of sp³-hybridized carbons (Fsp3) is 0.385. The van der Waals surface area contributed by atoms with Crippen molar-refractivity contribution < 1.29 is 19.4 Å². The van der Waals surface area contributed by atoms with Gasteiger partial charge in [-0.05, 0) is 31.5 Å². The summed E-state index contributed by atoms with van der Waals surface area (Å²) in [5.41, 5.74) is 0.296. The lowest BCUT2D eigenvalue weighted by molar-refractivity contribution is -0.145. The fourth-order valence-electron chi connectivity index (χ4n) is 1.53. The highest BCUT2D eigenvalue weighted by Gasteiger charge is 2.20. The SMILES string of the molecule is CCCC(Oc1ccc(Cl)cc1C(C)=O)C(=O)O. The number of rotatable bonds is 6. The first kappa shape index (κ1) is 14.5. The molecule has 0 aromatic heterocycles. The van der Waals surface area contributed by atoms with Crippen molar-refractivity contribution in [1.29, 1.82) is 0 Å². The van der Waals surface area contributed by atoms with Crippen molar-refractivity contribution in [1.82, 2.24) is 0 Å². The summed E-state index contributed by atoms with van der Waals surface area (Å²) in [5, 5.41) is 9.43. The third-order valence-corrected chi connectivity index (χ3v) is 2.65. The molecule has 0 bridgehead atoms. The van der Waals surface area contributed by atoms with Crippen molar-refractivity contribution in [3.05, 3.63) is 28.8 Å². The monoisotopic (exact) mass is 270 g/mol. The lowest BCUT2D eigenvalue weighted by atomic mass is 10.1. The summed E-state index contributed by atoms with van der Waals surface area (Å²) >= 11 is 5.80. The van der Waals surface area contributed by atoms with Crippen LogP contribution in [0.3, 0.4) is 0 Å². The lowest BCUT2D eigenvalue weighted by Crippen LogP contribution is -2.27. The topological polar surface area (TPSA) is 63.6 Å². The van der Waals surface area contributed by atoms with Gasteiger partial charge < -0.3 is 9.84 Å². The molecule has 0 aliphatic carbocycles. The number of halogens is 1. The molecule has 4 nitrogen and oxygen atoms in total. The van der Waals surface area contributed by atoms with E-state index in [0.29, 0.717) is 23.4 Å². The first-order chi connectivity index (χ1) is 8.45. The summed E-state index contributed by atoms with van der Waals surface area (Å²) in [6.45, 7) is 3.25. The molecule has 0 saturated carbocycles. The van der Waals surface area contributed by atoms with Gasteiger partial charge in [0.1, 0.15) is 5.75 Å². The Bertz CT molecular complexity index is 456. The molecule has 0 amide bonds. The maximum Gasteiger partial charge on any atom is 0.344 e. The maximum atomic E-state index is 11.4. The molecule has 98 valence electrons. The zero-order valence-electron chi connectivity index (χ0n) is 10.3. The van der Waals surface area contributed by atoms with E-state index >= 15 is 0 Å². The molecule has 1 rings (SSSR count). The van der Waals surface area contributed by atoms with Crippen LogP contribution in [0.15, 0.2) is 18.2 Å². The van der Waals surface area contributed by atoms with Crippen molar-refractivity contribution >= 4 is 23.4 Å². The number of ether oxygens (including phenoxy) is 1. The minimum absolute atomic E-state index is 0.215. The smallest absolute Gasteiger partial charge is 0.344 e. The maximum absolute atomic E-state index is 11.4. The molecule has 0 saturated heterocycles. The number of aliphatic carboxylic acids is 1. The van der Waals surface area contributed by atoms with E-state index in [-0.39, 0.29) is 11.5 Å². The van der Waals surface area contributed by atoms with Gasteiger partial charge in [-0.1, -0.05) is 24.9 Å². The number of Topliss-reactive ketones (excluding diaryl/α,β-unsaturated/α-hetero) is 1. The number of hydrogen-bond donors (Lipinski definition) is 1. The van der Waals surface area contributed by atoms with E-state index in [2.05, 4.69) is 0 Å². The van der Waals surface area contributed by atoms with Gasteiger partial charge in [0.2, 0.25) is 0 Å². The van der Waals surface area contributed by atoms with Crippen LogP contribution in [0.4, 0.5) is 0 Å². The molecule has 5 heteroatoms. The van der Waals surface area contributed by atoms with E-state index < -0.39 is 12.1 Å². The van der Waals surface area contributed by atoms with E-state index in [1.807, 2.05) is 6.92 Å². The van der Waals surface area contributed by atoms with Crippen molar-refractivity contribution in [2.24, 2.45) is 0 Å². The number of carbonyl (C=O) groups excluding carboxylic acids is 1. The van der Waals surface area contributed by atoms with Gasteiger partial charge in [0.05, 0.1) is 5.56 Å². The Morgan fingerprint density at radius 1 is 1.44 bits per heavy atom. The van der Waals surface area contributed by atoms with Crippen LogP contribution >= 0.6 is 11.6 Å². The number of carbonyl (C=O) groups is 2. The summed E-state index contributed by atoms with van der Waals surface area (Å²) in [6.07, 6.45) is 0.115. The molecule has 18 heavy (non-hydrogen) atoms. The lowest BCUT2D eigenvalue weighted by Gasteiger charge is -2.16. The molecule has 1 atom stereocenters. The molecule has 0 fully saturated rings. The van der Waals surface area contributed by atoms with E-state index in [1.165, 1.54) is 19.1 Å². The van der Waals surface area contributed by atoms with Crippen molar-refractivity contribution in [2.75, 3.05) is 0 Å². The molecule has 0 radical (unpaired) electrons. The Kier molecular flexibility index (Phi) is 5.16. The minimum atomic E-state index is -1.04. The van der Waals surface area contributed by atoms with Gasteiger partial charge in [-0.3, -0.25) is 4.79 Å². The average Bonchev–Trinajstić information content (AvgIpc) is 2.30. The molecular weight excluding hydrogens is 256 g/mol. The predicted octanol–water partition coefficient (Wildman–Crippen LogP) is 3.17. The van der Waals surface area contributed by atoms with E-state index in [9.17, 15) is 9.59 Å². The largest absolute Gasteiger partial charge is 0.479 e. The van der Waals surface area contributed by atoms with Gasteiger partial charge in [0, 0.05) is 5.02 Å². The van der Waals surface area contributed by atoms with Crippen molar-refractivity contribution in [3.8, 4) is 5.75 Å². The van der Waals surface area contributed by atoms with Crippen LogP contribution < -0.4 is 4.74 Å². The second-order valence-electron chi connectivity index (χ2n) is 3.93. The molecular formula is C13H15ClO4. The molecule has 1 N–H and O–H groups in total. The summed E-state index contributed by atoms with van der Waals surface area (Å²) in [5.74, 6) is -0.998. The second-order valence-corrected chi connectivity index (χ2v) is 4.37. The molecule has 1 aromatic rings. The Balaban J connectivity index is 3.01. The van der Waals surface area contributed by atoms with Crippen LogP contribution in [0, 0.1) is 0 Å². The number of carboxylic acid groups (broad SMARTS) is 1. The molecule has 0 heterocycles. The minimum Gasteiger partial charge on any atom is -0.479 e. The van der Waals surface area contributed by atoms with Crippen molar-refractivity contribution in [2.45, 2.75) is 32.8 Å². The quantitative estimate of drug-likeness (QED) is 0.807. The number of benzene rings is 1. The van der Waals surface area contributed by atoms with Gasteiger partial charge in [0.15, 0.2) is 11.9 Å². The molecule has 0 aliphatic rings. The normalized spacial score (nSPS) is 11.9. The van der Waals surface area contributed by atoms with Crippen LogP contribution in [0.1, 0.15) is 37.0 Å². The van der Waals surface area contributed by atoms with Crippen LogP contribution in [0.2, 0.25) is 5.02 Å². The fourth-order valence-corrected chi connectivity index (χ4v) is 1.70. The molecule has 1 unspecified atom stereocenters. The zero-order chi connectivity index (χ0) is 13.7. The Morgan fingerprint density at radius 3 is 2.61 bits per heavy atom. The summed E-state index contributed by atoms with van der Waals surface area (Å²) in [4.78, 5) is 22.4. The van der Waals surface area contributed by atoms with Gasteiger partial charge in [-0.2, -0.15) is 0 Å². The number of carboxylic acids is 1. The Labute approximate surface area is 111 Å².